The molecular formula is C10H19NaO3S. The van der Waals surface area contributed by atoms with E-state index in [9.17, 15) is 8.42 Å². The molecule has 1 aliphatic rings. The average molecular weight is 242 g/mol. The Kier molecular flexibility index (Phi) is 6.08. The molecule has 0 aromatic rings. The second kappa shape index (κ2) is 5.82. The minimum absolute atomic E-state index is 0. The zero-order chi connectivity index (χ0) is 10.9. The van der Waals surface area contributed by atoms with Crippen LogP contribution in [-0.4, -0.2) is 47.8 Å². The van der Waals surface area contributed by atoms with E-state index in [2.05, 4.69) is 13.8 Å². The van der Waals surface area contributed by atoms with Crippen molar-refractivity contribution in [1.82, 2.24) is 0 Å². The fourth-order valence-corrected chi connectivity index (χ4v) is 2.98. The number of hydrogen-bond acceptors (Lipinski definition) is 2. The molecule has 1 rings (SSSR count). The van der Waals surface area contributed by atoms with Crippen LogP contribution in [0.1, 0.15) is 33.6 Å². The Morgan fingerprint density at radius 2 is 2.00 bits per heavy atom. The van der Waals surface area contributed by atoms with Crippen LogP contribution >= 0.6 is 0 Å². The van der Waals surface area contributed by atoms with Crippen LogP contribution in [0.5, 0.6) is 0 Å². The summed E-state index contributed by atoms with van der Waals surface area (Å²) in [6.07, 6.45) is 3.42. The molecule has 0 saturated heterocycles. The van der Waals surface area contributed by atoms with E-state index in [4.69, 9.17) is 4.55 Å². The van der Waals surface area contributed by atoms with Gasteiger partial charge >= 0.3 is 29.6 Å². The summed E-state index contributed by atoms with van der Waals surface area (Å²) >= 11 is 0. The molecule has 15 heavy (non-hydrogen) atoms. The van der Waals surface area contributed by atoms with Crippen LogP contribution < -0.4 is 0 Å². The molecule has 0 radical (unpaired) electrons. The number of rotatable bonds is 2. The Balaban J connectivity index is 0.00000196. The van der Waals surface area contributed by atoms with E-state index in [0.29, 0.717) is 18.3 Å². The molecule has 0 amide bonds. The van der Waals surface area contributed by atoms with Crippen molar-refractivity contribution in [3.63, 3.8) is 0 Å². The van der Waals surface area contributed by atoms with Gasteiger partial charge in [-0.05, 0) is 31.6 Å². The van der Waals surface area contributed by atoms with E-state index in [1.807, 2.05) is 6.08 Å². The minimum atomic E-state index is -3.91. The van der Waals surface area contributed by atoms with E-state index in [-0.39, 0.29) is 29.6 Å². The molecule has 1 N–H and O–H groups in total. The standard InChI is InChI=1S/C10H18O3S.Na.H/c1-7(2)9-5-4-8(3)10(6-9)14(11,12)13;;/h4,7,9-10H,5-6H2,1-3H3,(H,11,12,13);;. The van der Waals surface area contributed by atoms with Gasteiger partial charge in [0.25, 0.3) is 10.1 Å². The molecule has 0 fully saturated rings. The molecule has 3 nitrogen and oxygen atoms in total. The average Bonchev–Trinajstić information content (AvgIpc) is 2.02. The summed E-state index contributed by atoms with van der Waals surface area (Å²) in [6.45, 7) is 5.94. The van der Waals surface area contributed by atoms with Gasteiger partial charge in [-0.15, -0.1) is 0 Å². The van der Waals surface area contributed by atoms with Crippen molar-refractivity contribution >= 4 is 39.7 Å². The summed E-state index contributed by atoms with van der Waals surface area (Å²) in [7, 11) is -3.91. The monoisotopic (exact) mass is 242 g/mol. The second-order valence-corrected chi connectivity index (χ2v) is 6.03. The summed E-state index contributed by atoms with van der Waals surface area (Å²) in [5.74, 6) is 0.828. The zero-order valence-corrected chi connectivity index (χ0v) is 9.71. The van der Waals surface area contributed by atoms with Gasteiger partial charge in [0, 0.05) is 0 Å². The Bertz CT molecular complexity index is 333. The Morgan fingerprint density at radius 1 is 1.47 bits per heavy atom. The van der Waals surface area contributed by atoms with E-state index in [1.165, 1.54) is 0 Å². The van der Waals surface area contributed by atoms with Gasteiger partial charge in [0.2, 0.25) is 0 Å². The maximum absolute atomic E-state index is 11.1. The van der Waals surface area contributed by atoms with Crippen molar-refractivity contribution in [2.24, 2.45) is 11.8 Å². The summed E-state index contributed by atoms with van der Waals surface area (Å²) in [4.78, 5) is 0. The van der Waals surface area contributed by atoms with Gasteiger partial charge in [-0.2, -0.15) is 8.42 Å². The van der Waals surface area contributed by atoms with Crippen LogP contribution in [0.25, 0.3) is 0 Å². The molecule has 0 aromatic carbocycles. The Morgan fingerprint density at radius 3 is 2.40 bits per heavy atom. The van der Waals surface area contributed by atoms with Gasteiger partial charge < -0.3 is 0 Å². The van der Waals surface area contributed by atoms with Crippen molar-refractivity contribution in [1.29, 1.82) is 0 Å². The van der Waals surface area contributed by atoms with Crippen molar-refractivity contribution < 1.29 is 13.0 Å². The summed E-state index contributed by atoms with van der Waals surface area (Å²) in [5.41, 5.74) is 0.782. The zero-order valence-electron chi connectivity index (χ0n) is 8.90. The first-order valence-corrected chi connectivity index (χ1v) is 6.45. The Labute approximate surface area is 114 Å². The normalized spacial score (nSPS) is 27.1. The molecule has 0 spiro atoms. The third-order valence-electron chi connectivity index (χ3n) is 3.07. The fraction of sp³-hybridized carbons (Fsp3) is 0.800. The first kappa shape index (κ1) is 15.7. The van der Waals surface area contributed by atoms with Crippen molar-refractivity contribution in [3.8, 4) is 0 Å². The summed E-state index contributed by atoms with van der Waals surface area (Å²) in [6, 6.07) is 0. The van der Waals surface area contributed by atoms with Gasteiger partial charge in [-0.3, -0.25) is 4.55 Å². The third kappa shape index (κ3) is 4.19. The summed E-state index contributed by atoms with van der Waals surface area (Å²) in [5, 5.41) is -0.677. The van der Waals surface area contributed by atoms with Crippen molar-refractivity contribution in [3.05, 3.63) is 11.6 Å². The fourth-order valence-electron chi connectivity index (χ4n) is 1.93. The number of hydrogen-bond donors (Lipinski definition) is 1. The van der Waals surface area contributed by atoms with Crippen LogP contribution in [0.15, 0.2) is 11.6 Å². The van der Waals surface area contributed by atoms with E-state index >= 15 is 0 Å². The van der Waals surface area contributed by atoms with Crippen LogP contribution in [0, 0.1) is 11.8 Å². The van der Waals surface area contributed by atoms with E-state index in [0.717, 1.165) is 12.0 Å². The van der Waals surface area contributed by atoms with Gasteiger partial charge in [0.1, 0.15) is 5.25 Å². The maximum atomic E-state index is 11.1. The van der Waals surface area contributed by atoms with Crippen LogP contribution in [-0.2, 0) is 10.1 Å². The van der Waals surface area contributed by atoms with Crippen molar-refractivity contribution in [2.75, 3.05) is 0 Å². The molecule has 1 aliphatic carbocycles. The molecule has 5 heteroatoms. The van der Waals surface area contributed by atoms with Crippen LogP contribution in [0.3, 0.4) is 0 Å². The van der Waals surface area contributed by atoms with Crippen LogP contribution in [0.4, 0.5) is 0 Å². The Hall–Kier alpha value is 0.650. The predicted octanol–water partition coefficient (Wildman–Crippen LogP) is 1.61. The van der Waals surface area contributed by atoms with E-state index < -0.39 is 15.4 Å². The second-order valence-electron chi connectivity index (χ2n) is 4.43. The van der Waals surface area contributed by atoms with Gasteiger partial charge in [0.05, 0.1) is 0 Å². The van der Waals surface area contributed by atoms with Crippen molar-refractivity contribution in [2.45, 2.75) is 38.9 Å². The van der Waals surface area contributed by atoms with Crippen LogP contribution in [0.2, 0.25) is 0 Å². The molecule has 84 valence electrons. The quantitative estimate of drug-likeness (QED) is 0.454. The molecule has 2 atom stereocenters. The molecule has 0 aliphatic heterocycles. The molecule has 0 heterocycles. The third-order valence-corrected chi connectivity index (χ3v) is 4.35. The van der Waals surface area contributed by atoms with Gasteiger partial charge in [-0.25, -0.2) is 0 Å². The predicted molar refractivity (Wildman–Crippen MR) is 63.8 cm³/mol. The van der Waals surface area contributed by atoms with E-state index in [1.54, 1.807) is 6.92 Å². The summed E-state index contributed by atoms with van der Waals surface area (Å²) < 4.78 is 31.2. The first-order valence-electron chi connectivity index (χ1n) is 4.95. The number of allylic oxidation sites excluding steroid dienone is 1. The molecular weight excluding hydrogens is 223 g/mol. The van der Waals surface area contributed by atoms with Gasteiger partial charge in [-0.1, -0.05) is 25.5 Å². The topological polar surface area (TPSA) is 54.4 Å². The first-order chi connectivity index (χ1) is 6.32. The molecule has 2 unspecified atom stereocenters. The molecule has 0 bridgehead atoms. The van der Waals surface area contributed by atoms with Gasteiger partial charge in [0.15, 0.2) is 0 Å². The SMILES string of the molecule is CC1=CCC(C(C)C)CC1S(=O)(=O)O.[NaH]. The molecule has 0 saturated carbocycles. The molecule has 0 aromatic heterocycles.